The molecule has 1 amide bonds. The Hall–Kier alpha value is -0.610. The Labute approximate surface area is 122 Å². The van der Waals surface area contributed by atoms with E-state index in [4.69, 9.17) is 0 Å². The summed E-state index contributed by atoms with van der Waals surface area (Å²) in [5.41, 5.74) is 0. The Morgan fingerprint density at radius 2 is 1.95 bits per heavy atom. The van der Waals surface area contributed by atoms with Gasteiger partial charge in [0.05, 0.1) is 0 Å². The monoisotopic (exact) mass is 279 g/mol. The summed E-state index contributed by atoms with van der Waals surface area (Å²) in [5, 5.41) is 3.07. The first kappa shape index (κ1) is 14.3. The SMILES string of the molecule is CC(=O)N[C@H]1CCN(C[C@@H]2CCCN3CCCC[C@H]23)C1. The van der Waals surface area contributed by atoms with Gasteiger partial charge in [0.25, 0.3) is 0 Å². The van der Waals surface area contributed by atoms with Crippen molar-refractivity contribution in [2.75, 3.05) is 32.7 Å². The van der Waals surface area contributed by atoms with Crippen LogP contribution in [0.25, 0.3) is 0 Å². The molecule has 20 heavy (non-hydrogen) atoms. The van der Waals surface area contributed by atoms with E-state index in [9.17, 15) is 4.79 Å². The molecule has 3 atom stereocenters. The summed E-state index contributed by atoms with van der Waals surface area (Å²) in [6, 6.07) is 1.23. The highest BCUT2D eigenvalue weighted by molar-refractivity contribution is 5.73. The summed E-state index contributed by atoms with van der Waals surface area (Å²) >= 11 is 0. The van der Waals surface area contributed by atoms with E-state index in [1.54, 1.807) is 6.92 Å². The van der Waals surface area contributed by atoms with Crippen molar-refractivity contribution in [3.05, 3.63) is 0 Å². The molecule has 3 saturated heterocycles. The summed E-state index contributed by atoms with van der Waals surface area (Å²) < 4.78 is 0. The van der Waals surface area contributed by atoms with E-state index in [2.05, 4.69) is 15.1 Å². The van der Waals surface area contributed by atoms with Gasteiger partial charge in [-0.1, -0.05) is 6.42 Å². The van der Waals surface area contributed by atoms with Gasteiger partial charge >= 0.3 is 0 Å². The first-order chi connectivity index (χ1) is 9.72. The molecule has 114 valence electrons. The van der Waals surface area contributed by atoms with Crippen LogP contribution in [-0.4, -0.2) is 60.5 Å². The van der Waals surface area contributed by atoms with Gasteiger partial charge in [-0.15, -0.1) is 0 Å². The fourth-order valence-electron chi connectivity index (χ4n) is 4.53. The maximum Gasteiger partial charge on any atom is 0.217 e. The average Bonchev–Trinajstić information content (AvgIpc) is 2.86. The molecule has 4 heteroatoms. The number of likely N-dealkylation sites (tertiary alicyclic amines) is 1. The van der Waals surface area contributed by atoms with Crippen molar-refractivity contribution in [3.63, 3.8) is 0 Å². The fourth-order valence-corrected chi connectivity index (χ4v) is 4.53. The minimum atomic E-state index is 0.118. The Morgan fingerprint density at radius 3 is 2.80 bits per heavy atom. The number of piperidine rings is 2. The van der Waals surface area contributed by atoms with Crippen LogP contribution in [0.1, 0.15) is 45.4 Å². The van der Waals surface area contributed by atoms with Crippen LogP contribution >= 0.6 is 0 Å². The lowest BCUT2D eigenvalue weighted by Gasteiger charge is -2.45. The molecule has 3 rings (SSSR count). The average molecular weight is 279 g/mol. The summed E-state index contributed by atoms with van der Waals surface area (Å²) in [7, 11) is 0. The zero-order valence-electron chi connectivity index (χ0n) is 12.8. The second-order valence-corrected chi connectivity index (χ2v) is 6.95. The zero-order chi connectivity index (χ0) is 13.9. The van der Waals surface area contributed by atoms with E-state index >= 15 is 0 Å². The van der Waals surface area contributed by atoms with Crippen molar-refractivity contribution in [3.8, 4) is 0 Å². The van der Waals surface area contributed by atoms with Gasteiger partial charge in [0, 0.05) is 38.6 Å². The highest BCUT2D eigenvalue weighted by atomic mass is 16.1. The summed E-state index contributed by atoms with van der Waals surface area (Å²) in [6.45, 7) is 7.75. The van der Waals surface area contributed by atoms with Gasteiger partial charge in [0.15, 0.2) is 0 Å². The highest BCUT2D eigenvalue weighted by Crippen LogP contribution is 2.31. The molecular formula is C16H29N3O. The largest absolute Gasteiger partial charge is 0.352 e. The Kier molecular flexibility index (Phi) is 4.61. The third-order valence-electron chi connectivity index (χ3n) is 5.40. The number of nitrogens with zero attached hydrogens (tertiary/aromatic N) is 2. The number of carbonyl (C=O) groups is 1. The van der Waals surface area contributed by atoms with E-state index in [0.29, 0.717) is 6.04 Å². The number of amides is 1. The van der Waals surface area contributed by atoms with E-state index in [1.165, 1.54) is 51.7 Å². The van der Waals surface area contributed by atoms with Crippen molar-refractivity contribution >= 4 is 5.91 Å². The van der Waals surface area contributed by atoms with Crippen LogP contribution in [0.3, 0.4) is 0 Å². The number of nitrogens with one attached hydrogen (secondary N) is 1. The van der Waals surface area contributed by atoms with Gasteiger partial charge in [-0.3, -0.25) is 4.79 Å². The topological polar surface area (TPSA) is 35.6 Å². The second kappa shape index (κ2) is 6.44. The Balaban J connectivity index is 1.51. The van der Waals surface area contributed by atoms with Crippen molar-refractivity contribution < 1.29 is 4.79 Å². The van der Waals surface area contributed by atoms with Gasteiger partial charge in [0.1, 0.15) is 0 Å². The first-order valence-electron chi connectivity index (χ1n) is 8.46. The van der Waals surface area contributed by atoms with Crippen molar-refractivity contribution in [1.82, 2.24) is 15.1 Å². The van der Waals surface area contributed by atoms with Crippen molar-refractivity contribution in [2.45, 2.75) is 57.5 Å². The van der Waals surface area contributed by atoms with Crippen LogP contribution in [0.15, 0.2) is 0 Å². The molecule has 0 aliphatic carbocycles. The van der Waals surface area contributed by atoms with E-state index in [1.807, 2.05) is 0 Å². The van der Waals surface area contributed by atoms with E-state index < -0.39 is 0 Å². The molecule has 0 aromatic rings. The predicted octanol–water partition coefficient (Wildman–Crippen LogP) is 1.46. The van der Waals surface area contributed by atoms with Crippen LogP contribution in [0.2, 0.25) is 0 Å². The van der Waals surface area contributed by atoms with Crippen LogP contribution in [0.5, 0.6) is 0 Å². The number of hydrogen-bond donors (Lipinski definition) is 1. The third kappa shape index (κ3) is 3.34. The maximum absolute atomic E-state index is 11.1. The lowest BCUT2D eigenvalue weighted by molar-refractivity contribution is -0.119. The molecule has 0 saturated carbocycles. The van der Waals surface area contributed by atoms with Gasteiger partial charge in [-0.25, -0.2) is 0 Å². The molecule has 4 nitrogen and oxygen atoms in total. The second-order valence-electron chi connectivity index (χ2n) is 6.95. The fraction of sp³-hybridized carbons (Fsp3) is 0.938. The molecule has 1 N–H and O–H groups in total. The van der Waals surface area contributed by atoms with Crippen molar-refractivity contribution in [2.24, 2.45) is 5.92 Å². The molecule has 0 unspecified atom stereocenters. The van der Waals surface area contributed by atoms with Crippen LogP contribution in [-0.2, 0) is 4.79 Å². The molecule has 0 spiro atoms. The third-order valence-corrected chi connectivity index (χ3v) is 5.40. The van der Waals surface area contributed by atoms with Gasteiger partial charge < -0.3 is 15.1 Å². The molecule has 3 heterocycles. The molecule has 3 fully saturated rings. The molecule has 0 aromatic heterocycles. The number of fused-ring (bicyclic) bond motifs is 1. The molecule has 3 aliphatic heterocycles. The normalized spacial score (nSPS) is 35.8. The van der Waals surface area contributed by atoms with Crippen LogP contribution < -0.4 is 5.32 Å². The number of rotatable bonds is 3. The molecule has 0 aromatic carbocycles. The maximum atomic E-state index is 11.1. The number of hydrogen-bond acceptors (Lipinski definition) is 3. The highest BCUT2D eigenvalue weighted by Gasteiger charge is 2.35. The van der Waals surface area contributed by atoms with Gasteiger partial charge in [-0.2, -0.15) is 0 Å². The summed E-state index contributed by atoms with van der Waals surface area (Å²) in [5.74, 6) is 0.980. The Morgan fingerprint density at radius 1 is 1.10 bits per heavy atom. The molecule has 3 aliphatic rings. The number of carbonyl (C=O) groups excluding carboxylic acids is 1. The minimum absolute atomic E-state index is 0.118. The minimum Gasteiger partial charge on any atom is -0.352 e. The Bertz CT molecular complexity index is 345. The lowest BCUT2D eigenvalue weighted by Crippen LogP contribution is -2.51. The van der Waals surface area contributed by atoms with Crippen LogP contribution in [0.4, 0.5) is 0 Å². The predicted molar refractivity (Wildman–Crippen MR) is 80.6 cm³/mol. The van der Waals surface area contributed by atoms with E-state index in [-0.39, 0.29) is 5.91 Å². The van der Waals surface area contributed by atoms with Crippen LogP contribution in [0, 0.1) is 5.92 Å². The lowest BCUT2D eigenvalue weighted by atomic mass is 9.83. The zero-order valence-corrected chi connectivity index (χ0v) is 12.8. The molecular weight excluding hydrogens is 250 g/mol. The van der Waals surface area contributed by atoms with Crippen molar-refractivity contribution in [1.29, 1.82) is 0 Å². The summed E-state index contributed by atoms with van der Waals surface area (Å²) in [4.78, 5) is 16.5. The smallest absolute Gasteiger partial charge is 0.217 e. The summed E-state index contributed by atoms with van der Waals surface area (Å²) in [6.07, 6.45) is 8.14. The van der Waals surface area contributed by atoms with E-state index in [0.717, 1.165) is 31.5 Å². The quantitative estimate of drug-likeness (QED) is 0.849. The molecule has 0 bridgehead atoms. The molecule has 0 radical (unpaired) electrons. The van der Waals surface area contributed by atoms with Gasteiger partial charge in [0.2, 0.25) is 5.91 Å². The van der Waals surface area contributed by atoms with Gasteiger partial charge in [-0.05, 0) is 51.1 Å². The first-order valence-corrected chi connectivity index (χ1v) is 8.46. The standard InChI is InChI=1S/C16H29N3O/c1-13(20)17-15-7-10-18(12-15)11-14-5-4-9-19-8-3-2-6-16(14)19/h14-16H,2-12H2,1H3,(H,17,20)/t14-,15-,16+/m0/s1.